The average Bonchev–Trinajstić information content (AvgIpc) is 3.12. The first-order valence-corrected chi connectivity index (χ1v) is 8.66. The molecule has 0 aliphatic carbocycles. The van der Waals surface area contributed by atoms with Crippen molar-refractivity contribution >= 4 is 16.9 Å². The van der Waals surface area contributed by atoms with Crippen LogP contribution in [0.25, 0.3) is 22.3 Å². The fourth-order valence-corrected chi connectivity index (χ4v) is 3.29. The third-order valence-electron chi connectivity index (χ3n) is 4.68. The van der Waals surface area contributed by atoms with E-state index in [1.807, 2.05) is 6.92 Å². The lowest BCUT2D eigenvalue weighted by atomic mass is 10.0. The normalized spacial score (nSPS) is 18.0. The van der Waals surface area contributed by atoms with Crippen molar-refractivity contribution in [3.63, 3.8) is 0 Å². The van der Waals surface area contributed by atoms with Crippen molar-refractivity contribution in [2.45, 2.75) is 32.0 Å². The Balaban J connectivity index is 1.68. The van der Waals surface area contributed by atoms with Crippen molar-refractivity contribution in [2.75, 3.05) is 18.4 Å². The summed E-state index contributed by atoms with van der Waals surface area (Å²) < 4.78 is 39.4. The number of piperidine rings is 1. The monoisotopic (exact) mass is 377 g/mol. The molecule has 7 nitrogen and oxygen atoms in total. The zero-order chi connectivity index (χ0) is 19.0. The number of alkyl halides is 3. The highest BCUT2D eigenvalue weighted by Gasteiger charge is 2.34. The Labute approximate surface area is 152 Å². The lowest BCUT2D eigenvalue weighted by Gasteiger charge is -2.24. The van der Waals surface area contributed by atoms with E-state index < -0.39 is 11.7 Å². The van der Waals surface area contributed by atoms with E-state index in [2.05, 4.69) is 36.2 Å². The number of rotatable bonds is 3. The van der Waals surface area contributed by atoms with Gasteiger partial charge in [-0.2, -0.15) is 28.6 Å². The molecule has 2 aromatic heterocycles. The molecule has 1 saturated heterocycles. The minimum absolute atomic E-state index is 0.121. The van der Waals surface area contributed by atoms with Crippen LogP contribution >= 0.6 is 0 Å². The van der Waals surface area contributed by atoms with Gasteiger partial charge < -0.3 is 10.6 Å². The Morgan fingerprint density at radius 2 is 1.96 bits per heavy atom. The molecule has 1 aromatic carbocycles. The van der Waals surface area contributed by atoms with Crippen LogP contribution in [0.3, 0.4) is 0 Å². The van der Waals surface area contributed by atoms with Crippen LogP contribution in [-0.4, -0.2) is 44.7 Å². The van der Waals surface area contributed by atoms with E-state index in [0.717, 1.165) is 37.6 Å². The van der Waals surface area contributed by atoms with Gasteiger partial charge in [0.05, 0.1) is 11.3 Å². The minimum atomic E-state index is -4.50. The number of hydrogen-bond donors (Lipinski definition) is 3. The standard InChI is InChI=1S/C17H18F3N7/c1-9-7-13(23-26-16(9)22-10-3-2-6-21-8-10)11-4-5-12(17(18,19)20)15-14(11)24-27-25-15/h4-5,7,10,21H,2-3,6,8H2,1H3,(H,22,26)(H,24,25,27). The van der Waals surface area contributed by atoms with E-state index >= 15 is 0 Å². The molecule has 1 fully saturated rings. The minimum Gasteiger partial charge on any atom is -0.364 e. The molecule has 27 heavy (non-hydrogen) atoms. The van der Waals surface area contributed by atoms with Crippen molar-refractivity contribution in [3.8, 4) is 11.3 Å². The number of aromatic amines is 1. The number of benzene rings is 1. The van der Waals surface area contributed by atoms with Gasteiger partial charge in [-0.1, -0.05) is 0 Å². The number of nitrogens with zero attached hydrogens (tertiary/aromatic N) is 4. The van der Waals surface area contributed by atoms with Crippen LogP contribution in [0.15, 0.2) is 18.2 Å². The second-order valence-corrected chi connectivity index (χ2v) is 6.63. The first kappa shape index (κ1) is 17.7. The second-order valence-electron chi connectivity index (χ2n) is 6.63. The van der Waals surface area contributed by atoms with Crippen molar-refractivity contribution in [1.29, 1.82) is 0 Å². The number of halogens is 3. The molecule has 1 unspecified atom stereocenters. The maximum absolute atomic E-state index is 13.1. The van der Waals surface area contributed by atoms with Gasteiger partial charge in [0.1, 0.15) is 11.0 Å². The van der Waals surface area contributed by atoms with Crippen molar-refractivity contribution < 1.29 is 13.2 Å². The molecular weight excluding hydrogens is 359 g/mol. The van der Waals surface area contributed by atoms with Gasteiger partial charge in [0, 0.05) is 18.2 Å². The van der Waals surface area contributed by atoms with Crippen molar-refractivity contribution in [1.82, 2.24) is 30.9 Å². The number of fused-ring (bicyclic) bond motifs is 1. The van der Waals surface area contributed by atoms with Crippen molar-refractivity contribution in [3.05, 3.63) is 29.3 Å². The Kier molecular flexibility index (Phi) is 4.42. The highest BCUT2D eigenvalue weighted by Crippen LogP contribution is 2.36. The summed E-state index contributed by atoms with van der Waals surface area (Å²) in [7, 11) is 0. The highest BCUT2D eigenvalue weighted by atomic mass is 19.4. The van der Waals surface area contributed by atoms with Gasteiger partial charge in [-0.05, 0) is 50.1 Å². The Morgan fingerprint density at radius 3 is 2.67 bits per heavy atom. The topological polar surface area (TPSA) is 91.4 Å². The van der Waals surface area contributed by atoms with Gasteiger partial charge in [-0.15, -0.1) is 10.2 Å². The molecule has 142 valence electrons. The first-order chi connectivity index (χ1) is 12.9. The molecule has 0 bridgehead atoms. The van der Waals surface area contributed by atoms with Crippen LogP contribution in [0, 0.1) is 6.92 Å². The van der Waals surface area contributed by atoms with E-state index in [0.29, 0.717) is 17.1 Å². The molecule has 0 amide bonds. The summed E-state index contributed by atoms with van der Waals surface area (Å²) in [5.41, 5.74) is 0.830. The number of hydrogen-bond acceptors (Lipinski definition) is 6. The summed E-state index contributed by atoms with van der Waals surface area (Å²) in [4.78, 5) is 0. The largest absolute Gasteiger partial charge is 0.418 e. The van der Waals surface area contributed by atoms with Crippen LogP contribution in [0.5, 0.6) is 0 Å². The molecule has 1 aliphatic rings. The first-order valence-electron chi connectivity index (χ1n) is 8.66. The van der Waals surface area contributed by atoms with E-state index in [4.69, 9.17) is 0 Å². The Morgan fingerprint density at radius 1 is 1.15 bits per heavy atom. The van der Waals surface area contributed by atoms with Gasteiger partial charge in [0.25, 0.3) is 0 Å². The second kappa shape index (κ2) is 6.76. The number of aromatic nitrogens is 5. The summed E-state index contributed by atoms with van der Waals surface area (Å²) in [5, 5.41) is 25.0. The van der Waals surface area contributed by atoms with Crippen molar-refractivity contribution in [2.24, 2.45) is 0 Å². The summed E-state index contributed by atoms with van der Waals surface area (Å²) in [6.45, 7) is 3.77. The van der Waals surface area contributed by atoms with Crippen LogP contribution in [0.4, 0.5) is 19.0 Å². The lowest BCUT2D eigenvalue weighted by molar-refractivity contribution is -0.136. The maximum Gasteiger partial charge on any atom is 0.418 e. The average molecular weight is 377 g/mol. The maximum atomic E-state index is 13.1. The van der Waals surface area contributed by atoms with Gasteiger partial charge in [0.2, 0.25) is 0 Å². The third kappa shape index (κ3) is 3.44. The summed E-state index contributed by atoms with van der Waals surface area (Å²) in [6.07, 6.45) is -2.36. The number of anilines is 1. The predicted molar refractivity (Wildman–Crippen MR) is 94.2 cm³/mol. The molecule has 3 aromatic rings. The summed E-state index contributed by atoms with van der Waals surface area (Å²) in [6, 6.07) is 4.43. The highest BCUT2D eigenvalue weighted by molar-refractivity contribution is 5.92. The predicted octanol–water partition coefficient (Wildman–Crippen LogP) is 2.91. The molecule has 4 rings (SSSR count). The van der Waals surface area contributed by atoms with E-state index in [1.54, 1.807) is 6.07 Å². The van der Waals surface area contributed by atoms with Gasteiger partial charge in [-0.3, -0.25) is 0 Å². The fraction of sp³-hybridized carbons (Fsp3) is 0.412. The smallest absolute Gasteiger partial charge is 0.364 e. The zero-order valence-electron chi connectivity index (χ0n) is 14.6. The van der Waals surface area contributed by atoms with E-state index in [1.165, 1.54) is 6.07 Å². The molecule has 10 heteroatoms. The number of aryl methyl sites for hydroxylation is 1. The van der Waals surface area contributed by atoms with E-state index in [-0.39, 0.29) is 17.1 Å². The molecule has 0 spiro atoms. The molecule has 1 aliphatic heterocycles. The fourth-order valence-electron chi connectivity index (χ4n) is 3.29. The third-order valence-corrected chi connectivity index (χ3v) is 4.68. The molecule has 0 radical (unpaired) electrons. The quantitative estimate of drug-likeness (QED) is 0.650. The molecule has 1 atom stereocenters. The zero-order valence-corrected chi connectivity index (χ0v) is 14.6. The number of H-pyrrole nitrogens is 1. The molecule has 0 saturated carbocycles. The van der Waals surface area contributed by atoms with Crippen LogP contribution in [0.1, 0.15) is 24.0 Å². The van der Waals surface area contributed by atoms with Gasteiger partial charge in [-0.25, -0.2) is 0 Å². The number of nitrogens with one attached hydrogen (secondary N) is 3. The van der Waals surface area contributed by atoms with Gasteiger partial charge >= 0.3 is 6.18 Å². The summed E-state index contributed by atoms with van der Waals surface area (Å²) in [5.74, 6) is 0.677. The molecule has 3 N–H and O–H groups in total. The Hall–Kier alpha value is -2.75. The van der Waals surface area contributed by atoms with Crippen LogP contribution in [-0.2, 0) is 6.18 Å². The molecule has 3 heterocycles. The summed E-state index contributed by atoms with van der Waals surface area (Å²) >= 11 is 0. The van der Waals surface area contributed by atoms with Crippen LogP contribution in [0.2, 0.25) is 0 Å². The van der Waals surface area contributed by atoms with Gasteiger partial charge in [0.15, 0.2) is 5.82 Å². The molecular formula is C17H18F3N7. The lowest BCUT2D eigenvalue weighted by Crippen LogP contribution is -2.38. The SMILES string of the molecule is Cc1cc(-c2ccc(C(F)(F)F)c3n[nH]nc23)nnc1NC1CCCNC1. The van der Waals surface area contributed by atoms with E-state index in [9.17, 15) is 13.2 Å². The Bertz CT molecular complexity index is 961. The van der Waals surface area contributed by atoms with Crippen LogP contribution < -0.4 is 10.6 Å².